The maximum absolute atomic E-state index is 12.3. The summed E-state index contributed by atoms with van der Waals surface area (Å²) < 4.78 is 0. The van der Waals surface area contributed by atoms with E-state index in [1.807, 2.05) is 43.0 Å². The van der Waals surface area contributed by atoms with Crippen molar-refractivity contribution in [2.75, 3.05) is 13.1 Å². The Labute approximate surface area is 131 Å². The maximum atomic E-state index is 12.3. The van der Waals surface area contributed by atoms with Crippen LogP contribution in [0.4, 0.5) is 0 Å². The first-order valence-electron chi connectivity index (χ1n) is 7.86. The van der Waals surface area contributed by atoms with Crippen LogP contribution in [0, 0.1) is 6.92 Å². The number of carboxylic acids is 1. The number of hydrogen-bond donors (Lipinski definition) is 2. The molecule has 0 radical (unpaired) electrons. The third kappa shape index (κ3) is 3.85. The number of rotatable bonds is 5. The molecule has 1 atom stereocenters. The smallest absolute Gasteiger partial charge is 0.320 e. The molecule has 1 heterocycles. The van der Waals surface area contributed by atoms with Gasteiger partial charge in [0.1, 0.15) is 6.04 Å². The van der Waals surface area contributed by atoms with Gasteiger partial charge in [0, 0.05) is 24.7 Å². The van der Waals surface area contributed by atoms with Gasteiger partial charge in [-0.25, -0.2) is 0 Å². The molecule has 1 aliphatic heterocycles. The number of hydrogen-bond acceptors (Lipinski definition) is 3. The van der Waals surface area contributed by atoms with Crippen molar-refractivity contribution in [3.63, 3.8) is 0 Å². The largest absolute Gasteiger partial charge is 0.480 e. The van der Waals surface area contributed by atoms with Gasteiger partial charge in [-0.1, -0.05) is 25.1 Å². The predicted molar refractivity (Wildman–Crippen MR) is 85.0 cm³/mol. The van der Waals surface area contributed by atoms with Gasteiger partial charge >= 0.3 is 5.97 Å². The van der Waals surface area contributed by atoms with E-state index in [-0.39, 0.29) is 11.9 Å². The first kappa shape index (κ1) is 16.5. The molecule has 5 heteroatoms. The number of benzene rings is 1. The third-order valence-corrected chi connectivity index (χ3v) is 4.37. The highest BCUT2D eigenvalue weighted by molar-refractivity contribution is 5.95. The molecule has 5 nitrogen and oxygen atoms in total. The predicted octanol–water partition coefficient (Wildman–Crippen LogP) is 2.05. The van der Waals surface area contributed by atoms with E-state index in [0.29, 0.717) is 25.1 Å². The topological polar surface area (TPSA) is 69.6 Å². The van der Waals surface area contributed by atoms with Crippen LogP contribution in [0.3, 0.4) is 0 Å². The molecule has 0 saturated carbocycles. The lowest BCUT2D eigenvalue weighted by Crippen LogP contribution is -2.50. The Bertz CT molecular complexity index is 536. The number of aryl methyl sites for hydroxylation is 1. The fourth-order valence-corrected chi connectivity index (χ4v) is 3.04. The molecule has 1 aliphatic rings. The van der Waals surface area contributed by atoms with E-state index in [9.17, 15) is 14.7 Å². The maximum Gasteiger partial charge on any atom is 0.320 e. The van der Waals surface area contributed by atoms with E-state index in [1.54, 1.807) is 0 Å². The minimum Gasteiger partial charge on any atom is -0.480 e. The molecule has 1 aromatic carbocycles. The first-order chi connectivity index (χ1) is 10.5. The Morgan fingerprint density at radius 2 is 1.95 bits per heavy atom. The van der Waals surface area contributed by atoms with Crippen LogP contribution in [0.25, 0.3) is 0 Å². The van der Waals surface area contributed by atoms with E-state index in [2.05, 4.69) is 5.32 Å². The summed E-state index contributed by atoms with van der Waals surface area (Å²) >= 11 is 0. The van der Waals surface area contributed by atoms with Gasteiger partial charge in [0.2, 0.25) is 0 Å². The molecule has 1 amide bonds. The number of aliphatic carboxylic acids is 1. The summed E-state index contributed by atoms with van der Waals surface area (Å²) in [5, 5.41) is 12.3. The van der Waals surface area contributed by atoms with Gasteiger partial charge in [0.05, 0.1) is 0 Å². The van der Waals surface area contributed by atoms with Crippen LogP contribution in [0.1, 0.15) is 42.1 Å². The van der Waals surface area contributed by atoms with Crippen LogP contribution in [-0.4, -0.2) is 47.1 Å². The molecule has 1 saturated heterocycles. The molecular formula is C17H24N2O3. The molecule has 120 valence electrons. The second-order valence-electron chi connectivity index (χ2n) is 5.86. The molecule has 0 aromatic heterocycles. The minimum absolute atomic E-state index is 0.0400. The van der Waals surface area contributed by atoms with Crippen molar-refractivity contribution in [1.29, 1.82) is 0 Å². The highest BCUT2D eigenvalue weighted by atomic mass is 16.4. The molecule has 0 spiro atoms. The number of piperidine rings is 1. The summed E-state index contributed by atoms with van der Waals surface area (Å²) in [4.78, 5) is 25.5. The number of likely N-dealkylation sites (tertiary alicyclic amines) is 1. The van der Waals surface area contributed by atoms with Crippen molar-refractivity contribution >= 4 is 11.9 Å². The zero-order chi connectivity index (χ0) is 16.1. The number of nitrogens with zero attached hydrogens (tertiary/aromatic N) is 1. The Morgan fingerprint density at radius 1 is 1.32 bits per heavy atom. The van der Waals surface area contributed by atoms with E-state index < -0.39 is 12.0 Å². The lowest BCUT2D eigenvalue weighted by molar-refractivity contribution is -0.143. The van der Waals surface area contributed by atoms with E-state index in [1.165, 1.54) is 0 Å². The number of carboxylic acid groups (broad SMARTS) is 1. The van der Waals surface area contributed by atoms with Crippen molar-refractivity contribution < 1.29 is 14.7 Å². The molecule has 0 bridgehead atoms. The molecule has 22 heavy (non-hydrogen) atoms. The standard InChI is InChI=1S/C17H24N2O3/c1-3-15(17(21)22)19-10-8-13(9-11-19)18-16(20)14-7-5-4-6-12(14)2/h4-7,13,15H,3,8-11H2,1-2H3,(H,18,20)(H,21,22)/t15-/m1/s1. The van der Waals surface area contributed by atoms with E-state index in [4.69, 9.17) is 0 Å². The van der Waals surface area contributed by atoms with Crippen LogP contribution < -0.4 is 5.32 Å². The molecule has 1 aromatic rings. The van der Waals surface area contributed by atoms with Crippen LogP contribution in [-0.2, 0) is 4.79 Å². The third-order valence-electron chi connectivity index (χ3n) is 4.37. The normalized spacial score (nSPS) is 17.9. The van der Waals surface area contributed by atoms with Crippen molar-refractivity contribution in [1.82, 2.24) is 10.2 Å². The Morgan fingerprint density at radius 3 is 2.50 bits per heavy atom. The lowest BCUT2D eigenvalue weighted by Gasteiger charge is -2.35. The summed E-state index contributed by atoms with van der Waals surface area (Å²) in [6.45, 7) is 5.24. The SMILES string of the molecule is CC[C@H](C(=O)O)N1CCC(NC(=O)c2ccccc2C)CC1. The second-order valence-corrected chi connectivity index (χ2v) is 5.86. The molecule has 2 N–H and O–H groups in total. The average Bonchev–Trinajstić information content (AvgIpc) is 2.49. The number of carbonyl (C=O) groups excluding carboxylic acids is 1. The Balaban J connectivity index is 1.89. The summed E-state index contributed by atoms with van der Waals surface area (Å²) in [5.74, 6) is -0.799. The second kappa shape index (κ2) is 7.40. The van der Waals surface area contributed by atoms with Crippen molar-refractivity contribution in [2.45, 2.75) is 45.2 Å². The van der Waals surface area contributed by atoms with Crippen molar-refractivity contribution in [3.8, 4) is 0 Å². The summed E-state index contributed by atoms with van der Waals surface area (Å²) in [7, 11) is 0. The monoisotopic (exact) mass is 304 g/mol. The van der Waals surface area contributed by atoms with E-state index >= 15 is 0 Å². The zero-order valence-corrected chi connectivity index (χ0v) is 13.2. The van der Waals surface area contributed by atoms with Gasteiger partial charge in [-0.2, -0.15) is 0 Å². The molecule has 0 unspecified atom stereocenters. The fraction of sp³-hybridized carbons (Fsp3) is 0.529. The summed E-state index contributed by atoms with van der Waals surface area (Å²) in [6.07, 6.45) is 2.19. The highest BCUT2D eigenvalue weighted by Crippen LogP contribution is 2.16. The zero-order valence-electron chi connectivity index (χ0n) is 13.2. The Hall–Kier alpha value is -1.88. The highest BCUT2D eigenvalue weighted by Gasteiger charge is 2.29. The van der Waals surface area contributed by atoms with Crippen molar-refractivity contribution in [3.05, 3.63) is 35.4 Å². The Kier molecular flexibility index (Phi) is 5.55. The summed E-state index contributed by atoms with van der Waals surface area (Å²) in [5.41, 5.74) is 1.68. The molecular weight excluding hydrogens is 280 g/mol. The molecule has 0 aliphatic carbocycles. The van der Waals surface area contributed by atoms with Crippen molar-refractivity contribution in [2.24, 2.45) is 0 Å². The van der Waals surface area contributed by atoms with Crippen LogP contribution in [0.2, 0.25) is 0 Å². The average molecular weight is 304 g/mol. The number of amides is 1. The minimum atomic E-state index is -0.759. The van der Waals surface area contributed by atoms with Gasteiger partial charge in [-0.3, -0.25) is 14.5 Å². The van der Waals surface area contributed by atoms with Gasteiger partial charge in [0.15, 0.2) is 0 Å². The molecule has 1 fully saturated rings. The van der Waals surface area contributed by atoms with Crippen LogP contribution in [0.15, 0.2) is 24.3 Å². The van der Waals surface area contributed by atoms with Crippen LogP contribution >= 0.6 is 0 Å². The quantitative estimate of drug-likeness (QED) is 0.873. The number of nitrogens with one attached hydrogen (secondary N) is 1. The van der Waals surface area contributed by atoms with Gasteiger partial charge in [0.25, 0.3) is 5.91 Å². The van der Waals surface area contributed by atoms with Crippen LogP contribution in [0.5, 0.6) is 0 Å². The lowest BCUT2D eigenvalue weighted by atomic mass is 10.0. The molecule has 2 rings (SSSR count). The number of carbonyl (C=O) groups is 2. The van der Waals surface area contributed by atoms with Gasteiger partial charge < -0.3 is 10.4 Å². The summed E-state index contributed by atoms with van der Waals surface area (Å²) in [6, 6.07) is 7.25. The van der Waals surface area contributed by atoms with Gasteiger partial charge in [-0.15, -0.1) is 0 Å². The van der Waals surface area contributed by atoms with Gasteiger partial charge in [-0.05, 0) is 37.8 Å². The van der Waals surface area contributed by atoms with E-state index in [0.717, 1.165) is 18.4 Å². The first-order valence-corrected chi connectivity index (χ1v) is 7.86. The fourth-order valence-electron chi connectivity index (χ4n) is 3.04.